The number of alkyl halides is 3. The van der Waals surface area contributed by atoms with Crippen LogP contribution in [-0.2, 0) is 6.18 Å². The van der Waals surface area contributed by atoms with Crippen molar-refractivity contribution < 1.29 is 18.0 Å². The maximum absolute atomic E-state index is 12.7. The highest BCUT2D eigenvalue weighted by atomic mass is 32.2. The second-order valence-corrected chi connectivity index (χ2v) is 7.60. The van der Waals surface area contributed by atoms with Crippen molar-refractivity contribution >= 4 is 40.0 Å². The van der Waals surface area contributed by atoms with Crippen LogP contribution in [0.15, 0.2) is 95.9 Å². The number of nitrogens with one attached hydrogen (secondary N) is 2. The van der Waals surface area contributed by atoms with E-state index in [0.717, 1.165) is 27.8 Å². The largest absolute Gasteiger partial charge is 0.416 e. The van der Waals surface area contributed by atoms with Gasteiger partial charge in [0.2, 0.25) is 0 Å². The van der Waals surface area contributed by atoms with Gasteiger partial charge < -0.3 is 10.0 Å². The Bertz CT molecular complexity index is 1210. The van der Waals surface area contributed by atoms with E-state index in [1.165, 1.54) is 24.1 Å². The Balaban J connectivity index is 1.55. The number of benzene rings is 4. The molecule has 1 amide bonds. The molecule has 0 aliphatic carbocycles. The first-order valence-corrected chi connectivity index (χ1v) is 10.2. The molecule has 0 aliphatic rings. The highest BCUT2D eigenvalue weighted by molar-refractivity contribution is 8.00. The average Bonchev–Trinajstić information content (AvgIpc) is 2.79. The zero-order chi connectivity index (χ0) is 21.8. The van der Waals surface area contributed by atoms with E-state index >= 15 is 0 Å². The summed E-state index contributed by atoms with van der Waals surface area (Å²) in [5.74, 6) is -0.200. The van der Waals surface area contributed by atoms with E-state index in [2.05, 4.69) is 10.0 Å². The minimum Gasteiger partial charge on any atom is -0.326 e. The van der Waals surface area contributed by atoms with Crippen molar-refractivity contribution in [3.8, 4) is 0 Å². The summed E-state index contributed by atoms with van der Waals surface area (Å²) in [5, 5.41) is 4.73. The normalized spacial score (nSPS) is 11.3. The van der Waals surface area contributed by atoms with Crippen molar-refractivity contribution in [3.05, 3.63) is 102 Å². The molecule has 2 N–H and O–H groups in total. The Morgan fingerprint density at radius 2 is 1.39 bits per heavy atom. The molecule has 0 saturated carbocycles. The van der Waals surface area contributed by atoms with Gasteiger partial charge in [0.1, 0.15) is 0 Å². The third-order valence-corrected chi connectivity index (χ3v) is 5.57. The van der Waals surface area contributed by atoms with Crippen molar-refractivity contribution in [2.75, 3.05) is 10.0 Å². The van der Waals surface area contributed by atoms with Crippen molar-refractivity contribution in [1.29, 1.82) is 0 Å². The van der Waals surface area contributed by atoms with Gasteiger partial charge in [-0.05, 0) is 65.9 Å². The molecule has 0 saturated heterocycles. The summed E-state index contributed by atoms with van der Waals surface area (Å²) in [4.78, 5) is 13.4. The van der Waals surface area contributed by atoms with Crippen LogP contribution in [0.5, 0.6) is 0 Å². The van der Waals surface area contributed by atoms with Gasteiger partial charge in [-0.15, -0.1) is 0 Å². The van der Waals surface area contributed by atoms with E-state index in [4.69, 9.17) is 0 Å². The van der Waals surface area contributed by atoms with Gasteiger partial charge in [-0.1, -0.05) is 42.5 Å². The van der Waals surface area contributed by atoms with Gasteiger partial charge in [-0.2, -0.15) is 13.2 Å². The number of fused-ring (bicyclic) bond motifs is 1. The molecule has 0 aliphatic heterocycles. The van der Waals surface area contributed by atoms with E-state index < -0.39 is 11.7 Å². The molecule has 7 heteroatoms. The fourth-order valence-corrected chi connectivity index (χ4v) is 3.88. The first-order chi connectivity index (χ1) is 14.9. The second kappa shape index (κ2) is 8.73. The van der Waals surface area contributed by atoms with E-state index in [1.807, 2.05) is 42.5 Å². The first-order valence-electron chi connectivity index (χ1n) is 9.40. The van der Waals surface area contributed by atoms with Crippen molar-refractivity contribution in [1.82, 2.24) is 0 Å². The number of carbonyl (C=O) groups excluding carboxylic acids is 1. The monoisotopic (exact) mass is 438 g/mol. The summed E-state index contributed by atoms with van der Waals surface area (Å²) in [6.07, 6.45) is -4.36. The van der Waals surface area contributed by atoms with Gasteiger partial charge in [-0.3, -0.25) is 4.79 Å². The molecule has 0 heterocycles. The van der Waals surface area contributed by atoms with E-state index in [9.17, 15) is 18.0 Å². The molecular formula is C24H17F3N2OS. The van der Waals surface area contributed by atoms with Crippen LogP contribution < -0.4 is 10.0 Å². The molecule has 4 rings (SSSR count). The molecule has 0 bridgehead atoms. The molecule has 0 atom stereocenters. The number of amides is 1. The molecule has 31 heavy (non-hydrogen) atoms. The van der Waals surface area contributed by atoms with Crippen LogP contribution in [0.3, 0.4) is 0 Å². The lowest BCUT2D eigenvalue weighted by atomic mass is 10.1. The lowest BCUT2D eigenvalue weighted by Gasteiger charge is -2.13. The first kappa shape index (κ1) is 20.8. The smallest absolute Gasteiger partial charge is 0.326 e. The molecule has 4 aromatic rings. The molecule has 0 spiro atoms. The molecule has 0 radical (unpaired) electrons. The summed E-state index contributed by atoms with van der Waals surface area (Å²) < 4.78 is 41.3. The Morgan fingerprint density at radius 1 is 0.742 bits per heavy atom. The topological polar surface area (TPSA) is 41.1 Å². The standard InChI is InChI=1S/C24H17F3N2OS/c25-24(26,27)17-10-12-18(13-11-17)29-31-22-15-14-21(19-8-4-5-9-20(19)22)28-23(30)16-6-2-1-3-7-16/h1-15,29H,(H,28,30). The summed E-state index contributed by atoms with van der Waals surface area (Å²) in [7, 11) is 0. The predicted molar refractivity (Wildman–Crippen MR) is 119 cm³/mol. The van der Waals surface area contributed by atoms with E-state index in [-0.39, 0.29) is 5.91 Å². The third kappa shape index (κ3) is 4.83. The van der Waals surface area contributed by atoms with Crippen LogP contribution in [0.2, 0.25) is 0 Å². The molecule has 156 valence electrons. The van der Waals surface area contributed by atoms with Gasteiger partial charge in [0.15, 0.2) is 0 Å². The quantitative estimate of drug-likeness (QED) is 0.323. The van der Waals surface area contributed by atoms with Crippen LogP contribution in [0, 0.1) is 0 Å². The zero-order valence-electron chi connectivity index (χ0n) is 16.1. The number of halogens is 3. The van der Waals surface area contributed by atoms with Gasteiger partial charge in [0, 0.05) is 27.2 Å². The van der Waals surface area contributed by atoms with Crippen LogP contribution in [-0.4, -0.2) is 5.91 Å². The van der Waals surface area contributed by atoms with Gasteiger partial charge in [-0.25, -0.2) is 0 Å². The summed E-state index contributed by atoms with van der Waals surface area (Å²) in [5.41, 5.74) is 1.12. The molecule has 4 aromatic carbocycles. The Morgan fingerprint density at radius 3 is 2.06 bits per heavy atom. The Hall–Kier alpha value is -3.45. The Labute approximate surface area is 181 Å². The molecule has 0 aromatic heterocycles. The molecule has 0 fully saturated rings. The summed E-state index contributed by atoms with van der Waals surface area (Å²) in [6, 6.07) is 25.1. The molecule has 3 nitrogen and oxygen atoms in total. The zero-order valence-corrected chi connectivity index (χ0v) is 16.9. The van der Waals surface area contributed by atoms with Crippen molar-refractivity contribution in [3.63, 3.8) is 0 Å². The lowest BCUT2D eigenvalue weighted by molar-refractivity contribution is -0.137. The number of anilines is 2. The SMILES string of the molecule is O=C(Nc1ccc(SNc2ccc(C(F)(F)F)cc2)c2ccccc12)c1ccccc1. The van der Waals surface area contributed by atoms with Crippen molar-refractivity contribution in [2.45, 2.75) is 11.1 Å². The third-order valence-electron chi connectivity index (χ3n) is 4.66. The minimum absolute atomic E-state index is 0.200. The van der Waals surface area contributed by atoms with Crippen LogP contribution in [0.25, 0.3) is 10.8 Å². The highest BCUT2D eigenvalue weighted by Crippen LogP contribution is 2.34. The highest BCUT2D eigenvalue weighted by Gasteiger charge is 2.29. The summed E-state index contributed by atoms with van der Waals surface area (Å²) >= 11 is 1.30. The van der Waals surface area contributed by atoms with Crippen molar-refractivity contribution in [2.24, 2.45) is 0 Å². The van der Waals surface area contributed by atoms with Crippen LogP contribution in [0.1, 0.15) is 15.9 Å². The number of rotatable bonds is 5. The molecule has 0 unspecified atom stereocenters. The van der Waals surface area contributed by atoms with E-state index in [0.29, 0.717) is 16.9 Å². The molecular weight excluding hydrogens is 421 g/mol. The fourth-order valence-electron chi connectivity index (χ4n) is 3.09. The number of hydrogen-bond donors (Lipinski definition) is 2. The van der Waals surface area contributed by atoms with E-state index in [1.54, 1.807) is 24.3 Å². The second-order valence-electron chi connectivity index (χ2n) is 6.76. The van der Waals surface area contributed by atoms with Gasteiger partial charge in [0.05, 0.1) is 5.56 Å². The lowest BCUT2D eigenvalue weighted by Crippen LogP contribution is -2.12. The van der Waals surface area contributed by atoms with Gasteiger partial charge in [0.25, 0.3) is 5.91 Å². The van der Waals surface area contributed by atoms with Gasteiger partial charge >= 0.3 is 6.18 Å². The van der Waals surface area contributed by atoms with Crippen LogP contribution in [0.4, 0.5) is 24.5 Å². The maximum atomic E-state index is 12.7. The maximum Gasteiger partial charge on any atom is 0.416 e. The van der Waals surface area contributed by atoms with Crippen LogP contribution >= 0.6 is 11.9 Å². The minimum atomic E-state index is -4.36. The average molecular weight is 438 g/mol. The number of hydrogen-bond acceptors (Lipinski definition) is 3. The summed E-state index contributed by atoms with van der Waals surface area (Å²) in [6.45, 7) is 0. The Kier molecular flexibility index (Phi) is 5.86. The number of carbonyl (C=O) groups is 1. The fraction of sp³-hybridized carbons (Fsp3) is 0.0417. The predicted octanol–water partition coefficient (Wildman–Crippen LogP) is 7.23.